The highest BCUT2D eigenvalue weighted by molar-refractivity contribution is 7.89. The molecule has 1 rings (SSSR count). The molecule has 0 saturated heterocycles. The third-order valence-corrected chi connectivity index (χ3v) is 3.71. The van der Waals surface area contributed by atoms with Crippen molar-refractivity contribution in [1.82, 2.24) is 5.32 Å². The molecule has 0 saturated carbocycles. The molecule has 1 unspecified atom stereocenters. The first-order valence-corrected chi connectivity index (χ1v) is 7.76. The second-order valence-electron chi connectivity index (χ2n) is 4.41. The van der Waals surface area contributed by atoms with Crippen LogP contribution in [-0.4, -0.2) is 40.6 Å². The van der Waals surface area contributed by atoms with Crippen LogP contribution in [-0.2, 0) is 19.6 Å². The highest BCUT2D eigenvalue weighted by atomic mass is 32.2. The van der Waals surface area contributed by atoms with Gasteiger partial charge in [-0.15, -0.1) is 0 Å². The van der Waals surface area contributed by atoms with Gasteiger partial charge in [0, 0.05) is 13.7 Å². The summed E-state index contributed by atoms with van der Waals surface area (Å²) >= 11 is 0. The van der Waals surface area contributed by atoms with Crippen LogP contribution in [0.3, 0.4) is 0 Å². The van der Waals surface area contributed by atoms with Crippen LogP contribution in [0.2, 0.25) is 0 Å². The van der Waals surface area contributed by atoms with E-state index in [1.54, 1.807) is 13.0 Å². The number of carbonyl (C=O) groups is 1. The molecule has 0 heterocycles. The van der Waals surface area contributed by atoms with Crippen LogP contribution in [0.25, 0.3) is 0 Å². The van der Waals surface area contributed by atoms with E-state index in [4.69, 9.17) is 15.6 Å². The number of nitrogens with one attached hydrogen (secondary N) is 2. The van der Waals surface area contributed by atoms with E-state index in [1.165, 1.54) is 19.2 Å². The number of primary sulfonamides is 1. The first-order chi connectivity index (χ1) is 9.77. The third-order valence-electron chi connectivity index (χ3n) is 2.74. The number of carbonyl (C=O) groups excluding carboxylic acids is 1. The number of hydrogen-bond acceptors (Lipinski definition) is 6. The lowest BCUT2D eigenvalue weighted by atomic mass is 10.2. The Morgan fingerprint density at radius 1 is 1.43 bits per heavy atom. The smallest absolute Gasteiger partial charge is 0.242 e. The molecule has 0 radical (unpaired) electrons. The molecule has 0 aromatic heterocycles. The van der Waals surface area contributed by atoms with E-state index in [0.29, 0.717) is 18.8 Å². The Kier molecular flexibility index (Phi) is 5.94. The zero-order valence-corrected chi connectivity index (χ0v) is 12.7. The van der Waals surface area contributed by atoms with Crippen molar-refractivity contribution in [2.75, 3.05) is 31.3 Å². The molecule has 6 N–H and O–H groups in total. The number of nitrogen functional groups attached to an aromatic ring is 1. The minimum atomic E-state index is -3.91. The number of amides is 1. The summed E-state index contributed by atoms with van der Waals surface area (Å²) in [5.74, 6) is -0.257. The van der Waals surface area contributed by atoms with E-state index in [1.807, 2.05) is 0 Å². The zero-order valence-electron chi connectivity index (χ0n) is 11.9. The van der Waals surface area contributed by atoms with Crippen molar-refractivity contribution in [2.24, 2.45) is 5.14 Å². The summed E-state index contributed by atoms with van der Waals surface area (Å²) in [7, 11) is -2.38. The van der Waals surface area contributed by atoms with Crippen LogP contribution in [0.5, 0.6) is 0 Å². The number of anilines is 2. The van der Waals surface area contributed by atoms with Gasteiger partial charge in [0.25, 0.3) is 0 Å². The second-order valence-corrected chi connectivity index (χ2v) is 5.94. The Morgan fingerprint density at radius 3 is 2.67 bits per heavy atom. The Bertz CT molecular complexity index is 603. The number of nitrogens with two attached hydrogens (primary N) is 2. The quantitative estimate of drug-likeness (QED) is 0.394. The number of ether oxygens (including phenoxy) is 1. The van der Waals surface area contributed by atoms with Gasteiger partial charge in [-0.2, -0.15) is 0 Å². The summed E-state index contributed by atoms with van der Waals surface area (Å²) in [5, 5.41) is 10.6. The van der Waals surface area contributed by atoms with E-state index in [9.17, 15) is 13.2 Å². The first-order valence-electron chi connectivity index (χ1n) is 6.22. The molecule has 1 amide bonds. The third kappa shape index (κ3) is 4.88. The highest BCUT2D eigenvalue weighted by Gasteiger charge is 2.18. The van der Waals surface area contributed by atoms with Gasteiger partial charge in [-0.3, -0.25) is 4.79 Å². The molecular formula is C12H20N4O4S. The van der Waals surface area contributed by atoms with Crippen LogP contribution < -0.4 is 21.5 Å². The summed E-state index contributed by atoms with van der Waals surface area (Å²) in [6.45, 7) is 2.42. The van der Waals surface area contributed by atoms with Gasteiger partial charge in [0.15, 0.2) is 0 Å². The van der Waals surface area contributed by atoms with Crippen molar-refractivity contribution in [3.63, 3.8) is 0 Å². The van der Waals surface area contributed by atoms with Gasteiger partial charge in [-0.1, -0.05) is 6.07 Å². The van der Waals surface area contributed by atoms with Gasteiger partial charge in [-0.05, 0) is 19.1 Å². The topological polar surface area (TPSA) is 137 Å². The Morgan fingerprint density at radius 2 is 2.10 bits per heavy atom. The predicted molar refractivity (Wildman–Crippen MR) is 80.2 cm³/mol. The zero-order chi connectivity index (χ0) is 16.0. The summed E-state index contributed by atoms with van der Waals surface area (Å²) in [6, 6.07) is 3.77. The minimum absolute atomic E-state index is 0.0171. The molecule has 1 atom stereocenters. The average molecular weight is 316 g/mol. The molecule has 0 spiro atoms. The van der Waals surface area contributed by atoms with E-state index < -0.39 is 16.1 Å². The van der Waals surface area contributed by atoms with Crippen molar-refractivity contribution in [3.05, 3.63) is 18.2 Å². The van der Waals surface area contributed by atoms with Crippen LogP contribution in [0, 0.1) is 0 Å². The largest absolute Gasteiger partial charge is 0.396 e. The van der Waals surface area contributed by atoms with Crippen LogP contribution in [0.1, 0.15) is 6.92 Å². The monoisotopic (exact) mass is 316 g/mol. The Balaban J connectivity index is 2.82. The van der Waals surface area contributed by atoms with Crippen molar-refractivity contribution < 1.29 is 17.9 Å². The molecule has 1 aromatic rings. The van der Waals surface area contributed by atoms with Crippen LogP contribution in [0.4, 0.5) is 11.4 Å². The molecule has 21 heavy (non-hydrogen) atoms. The predicted octanol–water partition coefficient (Wildman–Crippen LogP) is -0.521. The molecule has 8 nitrogen and oxygen atoms in total. The lowest BCUT2D eigenvalue weighted by Gasteiger charge is -2.17. The number of para-hydroxylation sites is 1. The second kappa shape index (κ2) is 7.25. The van der Waals surface area contributed by atoms with Crippen LogP contribution in [0.15, 0.2) is 23.1 Å². The first kappa shape index (κ1) is 17.2. The molecule has 0 aliphatic carbocycles. The van der Waals surface area contributed by atoms with Crippen molar-refractivity contribution in [2.45, 2.75) is 17.9 Å². The minimum Gasteiger partial charge on any atom is -0.396 e. The average Bonchev–Trinajstić information content (AvgIpc) is 2.39. The Hall–Kier alpha value is -1.84. The fourth-order valence-electron chi connectivity index (χ4n) is 1.65. The van der Waals surface area contributed by atoms with Gasteiger partial charge < -0.3 is 21.1 Å². The van der Waals surface area contributed by atoms with Crippen molar-refractivity contribution >= 4 is 27.3 Å². The lowest BCUT2D eigenvalue weighted by molar-refractivity contribution is -0.121. The SMILES string of the molecule is COCCNC(=O)C(C)Nc1cccc(S(N)(=O)=O)c1N. The summed E-state index contributed by atoms with van der Waals surface area (Å²) < 4.78 is 27.6. The number of benzene rings is 1. The van der Waals surface area contributed by atoms with Gasteiger partial charge in [0.05, 0.1) is 18.0 Å². The summed E-state index contributed by atoms with van der Waals surface area (Å²) in [5.41, 5.74) is 6.08. The Labute approximate surface area is 123 Å². The van der Waals surface area contributed by atoms with Crippen molar-refractivity contribution in [1.29, 1.82) is 0 Å². The maximum Gasteiger partial charge on any atom is 0.242 e. The molecule has 9 heteroatoms. The van der Waals surface area contributed by atoms with Gasteiger partial charge in [0.1, 0.15) is 10.9 Å². The molecule has 1 aromatic carbocycles. The normalized spacial score (nSPS) is 12.7. The van der Waals surface area contributed by atoms with Gasteiger partial charge in [0.2, 0.25) is 15.9 Å². The number of hydrogen-bond donors (Lipinski definition) is 4. The van der Waals surface area contributed by atoms with E-state index >= 15 is 0 Å². The molecule has 0 bridgehead atoms. The molecule has 0 aliphatic heterocycles. The standard InChI is InChI=1S/C12H20N4O4S/c1-8(12(17)15-6-7-20-2)16-9-4-3-5-10(11(9)13)21(14,18)19/h3-5,8,16H,6-7,13H2,1-2H3,(H,15,17)(H2,14,18,19). The number of rotatable bonds is 7. The van der Waals surface area contributed by atoms with Gasteiger partial charge in [-0.25, -0.2) is 13.6 Å². The maximum atomic E-state index is 11.8. The lowest BCUT2D eigenvalue weighted by Crippen LogP contribution is -2.39. The number of sulfonamides is 1. The fourth-order valence-corrected chi connectivity index (χ4v) is 2.33. The van der Waals surface area contributed by atoms with E-state index in [0.717, 1.165) is 0 Å². The van der Waals surface area contributed by atoms with E-state index in [2.05, 4.69) is 10.6 Å². The maximum absolute atomic E-state index is 11.8. The van der Waals surface area contributed by atoms with Gasteiger partial charge >= 0.3 is 0 Å². The van der Waals surface area contributed by atoms with Crippen molar-refractivity contribution in [3.8, 4) is 0 Å². The molecule has 118 valence electrons. The number of methoxy groups -OCH3 is 1. The molecule has 0 aliphatic rings. The van der Waals surface area contributed by atoms with Crippen LogP contribution >= 0.6 is 0 Å². The van der Waals surface area contributed by atoms with E-state index in [-0.39, 0.29) is 16.5 Å². The molecular weight excluding hydrogens is 296 g/mol. The highest BCUT2D eigenvalue weighted by Crippen LogP contribution is 2.26. The summed E-state index contributed by atoms with van der Waals surface area (Å²) in [4.78, 5) is 11.6. The summed E-state index contributed by atoms with van der Waals surface area (Å²) in [6.07, 6.45) is 0. The molecule has 0 fully saturated rings. The fraction of sp³-hybridized carbons (Fsp3) is 0.417.